The molecule has 1 N–H and O–H groups in total. The van der Waals surface area contributed by atoms with Crippen LogP contribution in [0.2, 0.25) is 5.02 Å². The number of nitrogens with one attached hydrogen (secondary N) is 1. The summed E-state index contributed by atoms with van der Waals surface area (Å²) in [7, 11) is 2.11. The fraction of sp³-hybridized carbons (Fsp3) is 0.538. The highest BCUT2D eigenvalue weighted by atomic mass is 35.5. The molecule has 1 fully saturated rings. The molecule has 2 rings (SSSR count). The second kappa shape index (κ2) is 6.36. The van der Waals surface area contributed by atoms with E-state index in [1.54, 1.807) is 0 Å². The molecular formula is C13H19ClN2O. The van der Waals surface area contributed by atoms with Gasteiger partial charge in [0.15, 0.2) is 0 Å². The van der Waals surface area contributed by atoms with Crippen LogP contribution in [0.15, 0.2) is 24.3 Å². The third kappa shape index (κ3) is 3.96. The van der Waals surface area contributed by atoms with E-state index in [4.69, 9.17) is 16.3 Å². The Hall–Kier alpha value is -0.610. The Morgan fingerprint density at radius 1 is 1.47 bits per heavy atom. The van der Waals surface area contributed by atoms with Crippen LogP contribution >= 0.6 is 11.6 Å². The van der Waals surface area contributed by atoms with Crippen molar-refractivity contribution in [2.24, 2.45) is 0 Å². The molecule has 0 aromatic heterocycles. The molecule has 94 valence electrons. The minimum atomic E-state index is 0.427. The summed E-state index contributed by atoms with van der Waals surface area (Å²) in [5.74, 6) is 0. The summed E-state index contributed by atoms with van der Waals surface area (Å²) in [5, 5.41) is 4.29. The van der Waals surface area contributed by atoms with Crippen molar-refractivity contribution in [3.63, 3.8) is 0 Å². The first kappa shape index (κ1) is 12.8. The standard InChI is InChI=1S/C13H19ClN2O/c1-16(9-12-10-17-7-6-15-12)8-11-4-2-3-5-13(11)14/h2-5,12,15H,6-10H2,1H3. The molecule has 0 spiro atoms. The zero-order valence-electron chi connectivity index (χ0n) is 10.2. The monoisotopic (exact) mass is 254 g/mol. The van der Waals surface area contributed by atoms with E-state index in [0.717, 1.165) is 37.9 Å². The van der Waals surface area contributed by atoms with Gasteiger partial charge in [-0.05, 0) is 18.7 Å². The number of benzene rings is 1. The Balaban J connectivity index is 1.84. The predicted molar refractivity (Wildman–Crippen MR) is 70.4 cm³/mol. The lowest BCUT2D eigenvalue weighted by molar-refractivity contribution is 0.0645. The van der Waals surface area contributed by atoms with E-state index in [9.17, 15) is 0 Å². The number of ether oxygens (including phenoxy) is 1. The van der Waals surface area contributed by atoms with Crippen LogP contribution in [-0.2, 0) is 11.3 Å². The molecule has 1 aliphatic heterocycles. The molecule has 1 aliphatic rings. The number of likely N-dealkylation sites (N-methyl/N-ethyl adjacent to an activating group) is 1. The number of rotatable bonds is 4. The van der Waals surface area contributed by atoms with Crippen LogP contribution in [0.3, 0.4) is 0 Å². The quantitative estimate of drug-likeness (QED) is 0.886. The van der Waals surface area contributed by atoms with Gasteiger partial charge in [0.25, 0.3) is 0 Å². The van der Waals surface area contributed by atoms with Crippen molar-refractivity contribution >= 4 is 11.6 Å². The van der Waals surface area contributed by atoms with E-state index in [0.29, 0.717) is 6.04 Å². The van der Waals surface area contributed by atoms with Gasteiger partial charge in [0, 0.05) is 30.7 Å². The Morgan fingerprint density at radius 3 is 3.00 bits per heavy atom. The second-order valence-corrected chi connectivity index (χ2v) is 4.92. The van der Waals surface area contributed by atoms with Gasteiger partial charge in [-0.25, -0.2) is 0 Å². The average molecular weight is 255 g/mol. The van der Waals surface area contributed by atoms with E-state index >= 15 is 0 Å². The number of morpholine rings is 1. The van der Waals surface area contributed by atoms with Crippen LogP contribution in [0.5, 0.6) is 0 Å². The zero-order chi connectivity index (χ0) is 12.1. The van der Waals surface area contributed by atoms with Gasteiger partial charge in [0.1, 0.15) is 0 Å². The first-order valence-corrected chi connectivity index (χ1v) is 6.36. The van der Waals surface area contributed by atoms with Gasteiger partial charge in [0.2, 0.25) is 0 Å². The number of nitrogens with zero attached hydrogens (tertiary/aromatic N) is 1. The largest absolute Gasteiger partial charge is 0.378 e. The maximum Gasteiger partial charge on any atom is 0.0632 e. The third-order valence-electron chi connectivity index (χ3n) is 2.93. The fourth-order valence-corrected chi connectivity index (χ4v) is 2.29. The highest BCUT2D eigenvalue weighted by molar-refractivity contribution is 6.31. The molecule has 1 aromatic carbocycles. The van der Waals surface area contributed by atoms with E-state index < -0.39 is 0 Å². The third-order valence-corrected chi connectivity index (χ3v) is 3.30. The molecule has 0 bridgehead atoms. The maximum atomic E-state index is 6.14. The molecular weight excluding hydrogens is 236 g/mol. The van der Waals surface area contributed by atoms with Gasteiger partial charge in [-0.3, -0.25) is 0 Å². The number of halogens is 1. The van der Waals surface area contributed by atoms with Gasteiger partial charge in [-0.2, -0.15) is 0 Å². The Labute approximate surface area is 108 Å². The van der Waals surface area contributed by atoms with Crippen LogP contribution in [0, 0.1) is 0 Å². The van der Waals surface area contributed by atoms with Crippen LogP contribution in [0.1, 0.15) is 5.56 Å². The van der Waals surface area contributed by atoms with Gasteiger partial charge >= 0.3 is 0 Å². The minimum absolute atomic E-state index is 0.427. The van der Waals surface area contributed by atoms with Crippen molar-refractivity contribution in [1.82, 2.24) is 10.2 Å². The van der Waals surface area contributed by atoms with E-state index in [1.807, 2.05) is 18.2 Å². The molecule has 0 amide bonds. The first-order chi connectivity index (χ1) is 8.25. The zero-order valence-corrected chi connectivity index (χ0v) is 10.9. The maximum absolute atomic E-state index is 6.14. The van der Waals surface area contributed by atoms with E-state index in [2.05, 4.69) is 23.3 Å². The second-order valence-electron chi connectivity index (χ2n) is 4.51. The van der Waals surface area contributed by atoms with Gasteiger partial charge in [-0.15, -0.1) is 0 Å². The van der Waals surface area contributed by atoms with Gasteiger partial charge in [-0.1, -0.05) is 29.8 Å². The summed E-state index contributed by atoms with van der Waals surface area (Å²) in [6.45, 7) is 4.42. The molecule has 0 aliphatic carbocycles. The number of hydrogen-bond donors (Lipinski definition) is 1. The smallest absolute Gasteiger partial charge is 0.0632 e. The highest BCUT2D eigenvalue weighted by Crippen LogP contribution is 2.16. The van der Waals surface area contributed by atoms with Crippen molar-refractivity contribution in [3.05, 3.63) is 34.9 Å². The van der Waals surface area contributed by atoms with Crippen LogP contribution in [0.4, 0.5) is 0 Å². The van der Waals surface area contributed by atoms with Crippen LogP contribution in [-0.4, -0.2) is 44.3 Å². The Kier molecular flexibility index (Phi) is 4.80. The molecule has 0 radical (unpaired) electrons. The summed E-state index contributed by atoms with van der Waals surface area (Å²) in [4.78, 5) is 2.27. The molecule has 17 heavy (non-hydrogen) atoms. The minimum Gasteiger partial charge on any atom is -0.378 e. The topological polar surface area (TPSA) is 24.5 Å². The SMILES string of the molecule is CN(Cc1ccccc1Cl)CC1COCCN1. The van der Waals surface area contributed by atoms with Crippen LogP contribution in [0.25, 0.3) is 0 Å². The summed E-state index contributed by atoms with van der Waals surface area (Å²) < 4.78 is 5.44. The Morgan fingerprint density at radius 2 is 2.29 bits per heavy atom. The average Bonchev–Trinajstić information content (AvgIpc) is 2.33. The summed E-state index contributed by atoms with van der Waals surface area (Å²) in [6.07, 6.45) is 0. The molecule has 4 heteroatoms. The molecule has 3 nitrogen and oxygen atoms in total. The molecule has 1 unspecified atom stereocenters. The van der Waals surface area contributed by atoms with Gasteiger partial charge < -0.3 is 15.0 Å². The van der Waals surface area contributed by atoms with Crippen LogP contribution < -0.4 is 5.32 Å². The molecule has 1 atom stereocenters. The lowest BCUT2D eigenvalue weighted by Gasteiger charge is -2.28. The highest BCUT2D eigenvalue weighted by Gasteiger charge is 2.15. The summed E-state index contributed by atoms with van der Waals surface area (Å²) >= 11 is 6.14. The summed E-state index contributed by atoms with van der Waals surface area (Å²) in [6, 6.07) is 8.42. The van der Waals surface area contributed by atoms with Crippen molar-refractivity contribution in [1.29, 1.82) is 0 Å². The molecule has 1 saturated heterocycles. The molecule has 1 heterocycles. The lowest BCUT2D eigenvalue weighted by Crippen LogP contribution is -2.47. The van der Waals surface area contributed by atoms with Crippen molar-refractivity contribution in [2.45, 2.75) is 12.6 Å². The molecule has 0 saturated carbocycles. The first-order valence-electron chi connectivity index (χ1n) is 5.99. The molecule has 1 aromatic rings. The van der Waals surface area contributed by atoms with Crippen molar-refractivity contribution in [2.75, 3.05) is 33.4 Å². The fourth-order valence-electron chi connectivity index (χ4n) is 2.10. The van der Waals surface area contributed by atoms with E-state index in [-0.39, 0.29) is 0 Å². The van der Waals surface area contributed by atoms with E-state index in [1.165, 1.54) is 5.56 Å². The van der Waals surface area contributed by atoms with Crippen molar-refractivity contribution < 1.29 is 4.74 Å². The predicted octanol–water partition coefficient (Wildman–Crippen LogP) is 1.76. The normalized spacial score (nSPS) is 20.8. The number of hydrogen-bond acceptors (Lipinski definition) is 3. The Bertz CT molecular complexity index is 353. The van der Waals surface area contributed by atoms with Gasteiger partial charge in [0.05, 0.1) is 13.2 Å². The lowest BCUT2D eigenvalue weighted by atomic mass is 10.2. The summed E-state index contributed by atoms with van der Waals surface area (Å²) in [5.41, 5.74) is 1.17. The van der Waals surface area contributed by atoms with Crippen molar-refractivity contribution in [3.8, 4) is 0 Å².